The van der Waals surface area contributed by atoms with E-state index < -0.39 is 6.09 Å². The fourth-order valence-electron chi connectivity index (χ4n) is 2.71. The Morgan fingerprint density at radius 1 is 1.42 bits per heavy atom. The van der Waals surface area contributed by atoms with E-state index in [9.17, 15) is 9.59 Å². The zero-order valence-electron chi connectivity index (χ0n) is 15.0. The molecular formula is C17H23N5O4. The number of aromatic nitrogens is 3. The van der Waals surface area contributed by atoms with Crippen LogP contribution in [0.25, 0.3) is 0 Å². The van der Waals surface area contributed by atoms with Gasteiger partial charge in [0.05, 0.1) is 18.7 Å². The van der Waals surface area contributed by atoms with Gasteiger partial charge in [0.15, 0.2) is 5.82 Å². The maximum Gasteiger partial charge on any atom is 0.407 e. The van der Waals surface area contributed by atoms with E-state index in [4.69, 9.17) is 9.26 Å². The van der Waals surface area contributed by atoms with Gasteiger partial charge in [0.1, 0.15) is 5.76 Å². The molecule has 0 unspecified atom stereocenters. The van der Waals surface area contributed by atoms with Crippen LogP contribution in [0.15, 0.2) is 16.7 Å². The van der Waals surface area contributed by atoms with Gasteiger partial charge in [-0.3, -0.25) is 9.89 Å². The second kappa shape index (κ2) is 7.59. The Labute approximate surface area is 150 Å². The van der Waals surface area contributed by atoms with E-state index in [0.29, 0.717) is 18.2 Å². The first-order valence-corrected chi connectivity index (χ1v) is 8.61. The smallest absolute Gasteiger partial charge is 0.407 e. The summed E-state index contributed by atoms with van der Waals surface area (Å²) in [6, 6.07) is 3.58. The molecule has 26 heavy (non-hydrogen) atoms. The molecule has 2 aromatic heterocycles. The summed E-state index contributed by atoms with van der Waals surface area (Å²) in [5, 5.41) is 16.2. The number of nitrogens with one attached hydrogen (secondary N) is 3. The van der Waals surface area contributed by atoms with E-state index >= 15 is 0 Å². The van der Waals surface area contributed by atoms with Crippen LogP contribution < -0.4 is 10.6 Å². The number of hydrogen-bond donors (Lipinski definition) is 3. The summed E-state index contributed by atoms with van der Waals surface area (Å²) in [5.74, 6) is 1.28. The molecule has 1 aliphatic carbocycles. The fourth-order valence-corrected chi connectivity index (χ4v) is 2.71. The average Bonchev–Trinajstić information content (AvgIpc) is 2.99. The van der Waals surface area contributed by atoms with Crippen molar-refractivity contribution >= 4 is 17.8 Å². The van der Waals surface area contributed by atoms with E-state index in [1.165, 1.54) is 0 Å². The first-order chi connectivity index (χ1) is 12.4. The molecule has 2 aromatic rings. The van der Waals surface area contributed by atoms with E-state index in [1.807, 2.05) is 19.9 Å². The molecular weight excluding hydrogens is 338 g/mol. The monoisotopic (exact) mass is 361 g/mol. The first-order valence-electron chi connectivity index (χ1n) is 8.61. The van der Waals surface area contributed by atoms with Crippen molar-refractivity contribution in [3.63, 3.8) is 0 Å². The van der Waals surface area contributed by atoms with Crippen LogP contribution in [0.5, 0.6) is 0 Å². The topological polar surface area (TPSA) is 122 Å². The minimum Gasteiger partial charge on any atom is -0.449 e. The van der Waals surface area contributed by atoms with Crippen LogP contribution in [0.3, 0.4) is 0 Å². The molecule has 0 saturated heterocycles. The number of H-pyrrole nitrogens is 1. The van der Waals surface area contributed by atoms with Gasteiger partial charge in [0, 0.05) is 35.7 Å². The summed E-state index contributed by atoms with van der Waals surface area (Å²) in [6.07, 6.45) is 0.626. The van der Waals surface area contributed by atoms with E-state index in [1.54, 1.807) is 13.0 Å². The van der Waals surface area contributed by atoms with E-state index in [0.717, 1.165) is 17.8 Å². The minimum atomic E-state index is -0.397. The third kappa shape index (κ3) is 4.84. The summed E-state index contributed by atoms with van der Waals surface area (Å²) in [5.41, 5.74) is 1.66. The van der Waals surface area contributed by atoms with Crippen molar-refractivity contribution in [3.8, 4) is 0 Å². The van der Waals surface area contributed by atoms with Gasteiger partial charge in [-0.1, -0.05) is 5.16 Å². The molecule has 0 spiro atoms. The molecule has 3 N–H and O–H groups in total. The molecule has 0 aromatic carbocycles. The number of ether oxygens (including phenoxy) is 1. The highest BCUT2D eigenvalue weighted by Gasteiger charge is 2.40. The van der Waals surface area contributed by atoms with Crippen LogP contribution in [-0.4, -0.2) is 40.0 Å². The quantitative estimate of drug-likeness (QED) is 0.694. The number of alkyl carbamates (subject to hydrolysis) is 1. The molecule has 2 heterocycles. The van der Waals surface area contributed by atoms with Gasteiger partial charge >= 0.3 is 6.09 Å². The number of hydrogen-bond acceptors (Lipinski definition) is 6. The molecule has 140 valence electrons. The van der Waals surface area contributed by atoms with Gasteiger partial charge in [0.2, 0.25) is 5.91 Å². The highest BCUT2D eigenvalue weighted by Crippen LogP contribution is 2.47. The standard InChI is InChI=1S/C17H23N5O4/c1-9(2)18-17(24)25-8-11-5-13(11)14-7-15(21-20-14)19-16(23)6-12-4-10(3)22-26-12/h4,7,9,11,13H,5-6,8H2,1-3H3,(H,18,24)(H2,19,20,21,23)/t11-,13-/m0/s1. The second-order valence-corrected chi connectivity index (χ2v) is 6.87. The molecule has 0 aliphatic heterocycles. The molecule has 1 fully saturated rings. The molecule has 3 rings (SSSR count). The molecule has 1 aliphatic rings. The van der Waals surface area contributed by atoms with E-state index in [2.05, 4.69) is 26.0 Å². The Morgan fingerprint density at radius 3 is 2.92 bits per heavy atom. The number of aryl methyl sites for hydroxylation is 1. The number of anilines is 1. The summed E-state index contributed by atoms with van der Waals surface area (Å²) in [6.45, 7) is 5.93. The molecule has 9 heteroatoms. The lowest BCUT2D eigenvalue weighted by Gasteiger charge is -2.08. The predicted octanol–water partition coefficient (Wildman–Crippen LogP) is 2.13. The van der Waals surface area contributed by atoms with Crippen molar-refractivity contribution in [2.24, 2.45) is 5.92 Å². The van der Waals surface area contributed by atoms with Crippen LogP contribution in [0.1, 0.15) is 43.3 Å². The number of nitrogens with zero attached hydrogens (tertiary/aromatic N) is 2. The zero-order valence-corrected chi connectivity index (χ0v) is 15.0. The Hall–Kier alpha value is -2.84. The SMILES string of the molecule is Cc1cc(CC(=O)Nc2cc([C@H]3C[C@H]3COC(=O)NC(C)C)[nH]n2)on1. The Bertz CT molecular complexity index is 782. The third-order valence-electron chi connectivity index (χ3n) is 4.03. The fraction of sp³-hybridized carbons (Fsp3) is 0.529. The molecule has 2 atom stereocenters. The zero-order chi connectivity index (χ0) is 18.7. The summed E-state index contributed by atoms with van der Waals surface area (Å²) in [7, 11) is 0. The number of aromatic amines is 1. The second-order valence-electron chi connectivity index (χ2n) is 6.87. The first kappa shape index (κ1) is 18.0. The number of carbonyl (C=O) groups excluding carboxylic acids is 2. The lowest BCUT2D eigenvalue weighted by atomic mass is 10.2. The number of amides is 2. The summed E-state index contributed by atoms with van der Waals surface area (Å²) >= 11 is 0. The lowest BCUT2D eigenvalue weighted by molar-refractivity contribution is -0.115. The van der Waals surface area contributed by atoms with Crippen molar-refractivity contribution in [2.45, 2.75) is 45.6 Å². The van der Waals surface area contributed by atoms with Gasteiger partial charge in [0.25, 0.3) is 0 Å². The van der Waals surface area contributed by atoms with Crippen molar-refractivity contribution in [1.29, 1.82) is 0 Å². The Balaban J connectivity index is 1.44. The van der Waals surface area contributed by atoms with Crippen molar-refractivity contribution in [2.75, 3.05) is 11.9 Å². The molecule has 1 saturated carbocycles. The Morgan fingerprint density at radius 2 is 2.23 bits per heavy atom. The number of rotatable bonds is 7. The largest absolute Gasteiger partial charge is 0.449 e. The van der Waals surface area contributed by atoms with Gasteiger partial charge < -0.3 is 19.9 Å². The highest BCUT2D eigenvalue weighted by atomic mass is 16.5. The van der Waals surface area contributed by atoms with Crippen LogP contribution in [0.4, 0.5) is 10.6 Å². The minimum absolute atomic E-state index is 0.0529. The summed E-state index contributed by atoms with van der Waals surface area (Å²) < 4.78 is 10.2. The average molecular weight is 361 g/mol. The lowest BCUT2D eigenvalue weighted by Crippen LogP contribution is -2.31. The molecule has 0 radical (unpaired) electrons. The molecule has 0 bridgehead atoms. The van der Waals surface area contributed by atoms with E-state index in [-0.39, 0.29) is 30.2 Å². The highest BCUT2D eigenvalue weighted by molar-refractivity contribution is 5.91. The predicted molar refractivity (Wildman–Crippen MR) is 92.6 cm³/mol. The van der Waals surface area contributed by atoms with Gasteiger partial charge in [-0.05, 0) is 27.2 Å². The van der Waals surface area contributed by atoms with Crippen LogP contribution >= 0.6 is 0 Å². The van der Waals surface area contributed by atoms with Crippen LogP contribution in [0, 0.1) is 12.8 Å². The van der Waals surface area contributed by atoms with Crippen LogP contribution in [0.2, 0.25) is 0 Å². The molecule has 2 amide bonds. The normalized spacial score (nSPS) is 18.6. The van der Waals surface area contributed by atoms with Gasteiger partial charge in [-0.15, -0.1) is 0 Å². The van der Waals surface area contributed by atoms with Crippen molar-refractivity contribution < 1.29 is 18.8 Å². The molecule has 9 nitrogen and oxygen atoms in total. The van der Waals surface area contributed by atoms with Crippen molar-refractivity contribution in [3.05, 3.63) is 29.3 Å². The Kier molecular flexibility index (Phi) is 5.24. The maximum atomic E-state index is 12.0. The third-order valence-corrected chi connectivity index (χ3v) is 4.03. The van der Waals surface area contributed by atoms with Gasteiger partial charge in [-0.2, -0.15) is 5.10 Å². The van der Waals surface area contributed by atoms with Crippen LogP contribution in [-0.2, 0) is 16.0 Å². The summed E-state index contributed by atoms with van der Waals surface area (Å²) in [4.78, 5) is 23.5. The maximum absolute atomic E-state index is 12.0. The number of carbonyl (C=O) groups is 2. The van der Waals surface area contributed by atoms with Crippen molar-refractivity contribution in [1.82, 2.24) is 20.7 Å². The van der Waals surface area contributed by atoms with Gasteiger partial charge in [-0.25, -0.2) is 4.79 Å².